The molecule has 0 aliphatic rings. The summed E-state index contributed by atoms with van der Waals surface area (Å²) >= 11 is 0. The first-order valence-electron chi connectivity index (χ1n) is 4.54. The summed E-state index contributed by atoms with van der Waals surface area (Å²) in [6.07, 6.45) is -0.718. The van der Waals surface area contributed by atoms with Crippen molar-refractivity contribution in [2.24, 2.45) is 0 Å². The molecule has 7 heteroatoms. The highest BCUT2D eigenvalue weighted by Crippen LogP contribution is 2.05. The van der Waals surface area contributed by atoms with E-state index in [1.165, 1.54) is 7.11 Å². The van der Waals surface area contributed by atoms with Gasteiger partial charge in [0.1, 0.15) is 12.1 Å². The van der Waals surface area contributed by atoms with Crippen molar-refractivity contribution in [3.05, 3.63) is 5.48 Å². The van der Waals surface area contributed by atoms with E-state index in [-0.39, 0.29) is 0 Å². The first-order chi connectivity index (χ1) is 7.22. The molecule has 0 rings (SSSR count). The van der Waals surface area contributed by atoms with Gasteiger partial charge in [-0.05, 0) is 20.8 Å². The highest BCUT2D eigenvalue weighted by atomic mass is 16.6. The number of aliphatic carboxylic acids is 1. The molecule has 0 saturated heterocycles. The Kier molecular flexibility index (Phi) is 9.52. The number of carbonyl (C=O) groups is 2. The molecule has 0 radical (unpaired) electrons. The topological polar surface area (TPSA) is 99.0 Å². The molecule has 1 amide bonds. The number of ether oxygens (including phenoxy) is 1. The molecule has 0 atom stereocenters. The van der Waals surface area contributed by atoms with Crippen LogP contribution in [-0.2, 0) is 14.4 Å². The zero-order chi connectivity index (χ0) is 13.2. The molecule has 0 aliphatic heterocycles. The zero-order valence-corrected chi connectivity index (χ0v) is 10.2. The molecule has 0 spiro atoms. The molecule has 0 saturated carbocycles. The fraction of sp³-hybridized carbons (Fsp3) is 0.778. The van der Waals surface area contributed by atoms with Crippen LogP contribution in [0, 0.1) is 0 Å². The van der Waals surface area contributed by atoms with Crippen LogP contribution >= 0.6 is 0 Å². The maximum absolute atomic E-state index is 10.8. The Morgan fingerprint density at radius 1 is 1.38 bits per heavy atom. The van der Waals surface area contributed by atoms with Crippen molar-refractivity contribution in [1.82, 2.24) is 5.32 Å². The summed E-state index contributed by atoms with van der Waals surface area (Å²) in [6.45, 7) is 4.68. The van der Waals surface area contributed by atoms with Gasteiger partial charge in [-0.2, -0.15) is 0 Å². The van der Waals surface area contributed by atoms with Crippen molar-refractivity contribution in [1.29, 1.82) is 0 Å². The van der Waals surface area contributed by atoms with Crippen molar-refractivity contribution < 1.29 is 24.3 Å². The van der Waals surface area contributed by atoms with Crippen LogP contribution in [0.3, 0.4) is 0 Å². The molecule has 96 valence electrons. The predicted molar refractivity (Wildman–Crippen MR) is 58.2 cm³/mol. The van der Waals surface area contributed by atoms with Crippen molar-refractivity contribution in [3.8, 4) is 0 Å². The van der Waals surface area contributed by atoms with Gasteiger partial charge in [0.15, 0.2) is 0 Å². The van der Waals surface area contributed by atoms with Crippen molar-refractivity contribution >= 4 is 12.1 Å². The first kappa shape index (κ1) is 17.1. The Balaban J connectivity index is 0. The number of hydroxylamine groups is 1. The Morgan fingerprint density at radius 2 is 1.81 bits per heavy atom. The van der Waals surface area contributed by atoms with E-state index in [9.17, 15) is 9.59 Å². The highest BCUT2D eigenvalue weighted by molar-refractivity contribution is 5.76. The minimum absolute atomic E-state index is 0.422. The molecule has 0 aromatic rings. The number of nitrogens with zero attached hydrogens (tertiary/aromatic N) is 1. The molecule has 7 nitrogen and oxygen atoms in total. The van der Waals surface area contributed by atoms with Gasteiger partial charge in [-0.3, -0.25) is 4.79 Å². The van der Waals surface area contributed by atoms with E-state index in [1.54, 1.807) is 27.8 Å². The Labute approximate surface area is 95.1 Å². The average Bonchev–Trinajstić information content (AvgIpc) is 2.12. The molecule has 0 aromatic carbocycles. The number of hydrogen-bond acceptors (Lipinski definition) is 4. The number of nitrogens with one attached hydrogen (secondary N) is 1. The molecule has 0 unspecified atom stereocenters. The van der Waals surface area contributed by atoms with E-state index in [2.05, 4.69) is 15.6 Å². The number of carboxylic acids is 1. The van der Waals surface area contributed by atoms with Gasteiger partial charge in [-0.25, -0.2) is 4.79 Å². The smallest absolute Gasteiger partial charge is 0.408 e. The summed E-state index contributed by atoms with van der Waals surface area (Å²) in [5.41, 5.74) is 2.64. The third-order valence-corrected chi connectivity index (χ3v) is 0.965. The van der Waals surface area contributed by atoms with Crippen LogP contribution in [0.2, 0.25) is 0 Å². The summed E-state index contributed by atoms with van der Waals surface area (Å²) in [5.74, 6) is -1.10. The molecular formula is C9H19N2O5-. The van der Waals surface area contributed by atoms with Crippen LogP contribution in [0.25, 0.3) is 5.48 Å². The maximum atomic E-state index is 10.8. The summed E-state index contributed by atoms with van der Waals surface area (Å²) in [4.78, 5) is 24.9. The number of carbonyl (C=O) groups excluding carboxylic acids is 1. The van der Waals surface area contributed by atoms with Crippen molar-refractivity contribution in [2.45, 2.75) is 26.4 Å². The molecule has 0 bridgehead atoms. The Bertz CT molecular complexity index is 210. The van der Waals surface area contributed by atoms with Crippen molar-refractivity contribution in [2.75, 3.05) is 20.7 Å². The predicted octanol–water partition coefficient (Wildman–Crippen LogP) is 1.15. The second kappa shape index (κ2) is 8.93. The van der Waals surface area contributed by atoms with Crippen LogP contribution in [0.5, 0.6) is 0 Å². The van der Waals surface area contributed by atoms with Crippen molar-refractivity contribution in [3.63, 3.8) is 0 Å². The van der Waals surface area contributed by atoms with E-state index in [0.29, 0.717) is 0 Å². The Hall–Kier alpha value is -1.34. The van der Waals surface area contributed by atoms with Gasteiger partial charge in [0.2, 0.25) is 0 Å². The monoisotopic (exact) mass is 235 g/mol. The lowest BCUT2D eigenvalue weighted by Crippen LogP contribution is -2.35. The van der Waals surface area contributed by atoms with E-state index in [1.807, 2.05) is 0 Å². The minimum Gasteiger partial charge on any atom is -0.537 e. The first-order valence-corrected chi connectivity index (χ1v) is 4.54. The summed E-state index contributed by atoms with van der Waals surface area (Å²) < 4.78 is 4.77. The molecule has 0 aliphatic carbocycles. The van der Waals surface area contributed by atoms with Crippen LogP contribution in [0.1, 0.15) is 20.8 Å². The third-order valence-electron chi connectivity index (χ3n) is 0.965. The van der Waals surface area contributed by atoms with Gasteiger partial charge in [0.25, 0.3) is 0 Å². The number of alkyl carbamates (subject to hydrolysis) is 1. The fourth-order valence-electron chi connectivity index (χ4n) is 0.462. The van der Waals surface area contributed by atoms with Gasteiger partial charge in [-0.1, -0.05) is 0 Å². The molecule has 0 fully saturated rings. The quantitative estimate of drug-likeness (QED) is 0.715. The van der Waals surface area contributed by atoms with Gasteiger partial charge in [0.05, 0.1) is 0 Å². The maximum Gasteiger partial charge on any atom is 0.408 e. The van der Waals surface area contributed by atoms with Crippen LogP contribution in [0.4, 0.5) is 4.79 Å². The van der Waals surface area contributed by atoms with E-state index >= 15 is 0 Å². The van der Waals surface area contributed by atoms with Crippen LogP contribution in [0.15, 0.2) is 0 Å². The second-order valence-electron chi connectivity index (χ2n) is 3.61. The van der Waals surface area contributed by atoms with E-state index in [4.69, 9.17) is 9.84 Å². The van der Waals surface area contributed by atoms with E-state index < -0.39 is 24.2 Å². The normalized spacial score (nSPS) is 9.81. The molecule has 2 N–H and O–H groups in total. The minimum atomic E-state index is -1.10. The number of hydrogen-bond donors (Lipinski definition) is 2. The zero-order valence-electron chi connectivity index (χ0n) is 10.2. The fourth-order valence-corrected chi connectivity index (χ4v) is 0.462. The summed E-state index contributed by atoms with van der Waals surface area (Å²) in [5, 5.41) is 10.3. The molecular weight excluding hydrogens is 216 g/mol. The molecule has 16 heavy (non-hydrogen) atoms. The molecule has 0 heterocycles. The SMILES string of the molecule is CC(C)(C)OC(=O)NCC(=O)O.C[N-]OC. The van der Waals surface area contributed by atoms with Crippen LogP contribution in [-0.4, -0.2) is 43.5 Å². The number of rotatable bonds is 3. The standard InChI is InChI=1S/C7H13NO4.C2H6NO/c1-7(2,3)12-6(11)8-4-5(9)10;1-3-4-2/h4H2,1-3H3,(H,8,11)(H,9,10);1-2H3/q;-1. The lowest BCUT2D eigenvalue weighted by molar-refractivity contribution is -0.136. The lowest BCUT2D eigenvalue weighted by Gasteiger charge is -2.19. The Morgan fingerprint density at radius 3 is 2.06 bits per heavy atom. The lowest BCUT2D eigenvalue weighted by atomic mass is 10.2. The summed E-state index contributed by atoms with van der Waals surface area (Å²) in [6, 6.07) is 0. The molecule has 0 aromatic heterocycles. The number of amides is 1. The average molecular weight is 235 g/mol. The van der Waals surface area contributed by atoms with Gasteiger partial charge in [0, 0.05) is 7.11 Å². The third kappa shape index (κ3) is 18.4. The van der Waals surface area contributed by atoms with Gasteiger partial charge in [-0.15, -0.1) is 7.05 Å². The largest absolute Gasteiger partial charge is 0.537 e. The highest BCUT2D eigenvalue weighted by Gasteiger charge is 2.15. The second-order valence-corrected chi connectivity index (χ2v) is 3.61. The van der Waals surface area contributed by atoms with Crippen LogP contribution < -0.4 is 5.32 Å². The van der Waals surface area contributed by atoms with Gasteiger partial charge >= 0.3 is 12.1 Å². The number of carboxylic acid groups (broad SMARTS) is 1. The van der Waals surface area contributed by atoms with E-state index in [0.717, 1.165) is 0 Å². The summed E-state index contributed by atoms with van der Waals surface area (Å²) in [7, 11) is 3.10. The van der Waals surface area contributed by atoms with Gasteiger partial charge < -0.3 is 25.5 Å².